The lowest BCUT2D eigenvalue weighted by Crippen LogP contribution is -2.29. The molecule has 5 aromatic rings. The molecule has 0 radical (unpaired) electrons. The number of hydrogen-bond donors (Lipinski definition) is 1. The van der Waals surface area contributed by atoms with Crippen molar-refractivity contribution in [2.45, 2.75) is 20.5 Å². The Morgan fingerprint density at radius 2 is 1.77 bits per heavy atom. The molecule has 0 spiro atoms. The van der Waals surface area contributed by atoms with Crippen molar-refractivity contribution in [1.82, 2.24) is 19.4 Å². The molecule has 0 bridgehead atoms. The minimum Gasteiger partial charge on any atom is -0.486 e. The number of hydrogen-bond acceptors (Lipinski definition) is 6. The molecule has 9 heteroatoms. The number of para-hydroxylation sites is 1. The molecule has 1 amide bonds. The zero-order valence-corrected chi connectivity index (χ0v) is 20.3. The molecule has 3 heterocycles. The second-order valence-corrected chi connectivity index (χ2v) is 9.05. The number of nitrogens with zero attached hydrogens (tertiary/aromatic N) is 4. The second-order valence-electron chi connectivity index (χ2n) is 8.11. The molecular weight excluding hydrogens is 462 g/mol. The maximum atomic E-state index is 13.2. The van der Waals surface area contributed by atoms with Gasteiger partial charge >= 0.3 is 0 Å². The topological polar surface area (TPSA) is 91.0 Å². The molecule has 0 atom stereocenters. The summed E-state index contributed by atoms with van der Waals surface area (Å²) in [6, 6.07) is 18.6. The van der Waals surface area contributed by atoms with E-state index in [0.717, 1.165) is 33.4 Å². The normalized spacial score (nSPS) is 11.1. The van der Waals surface area contributed by atoms with E-state index in [-0.39, 0.29) is 11.3 Å². The fraction of sp³-hybridized carbons (Fsp3) is 0.154. The van der Waals surface area contributed by atoms with Gasteiger partial charge in [-0.25, -0.2) is 9.67 Å². The summed E-state index contributed by atoms with van der Waals surface area (Å²) in [5.41, 5.74) is 6.29. The Morgan fingerprint density at radius 3 is 2.54 bits per heavy atom. The Bertz CT molecular complexity index is 1600. The van der Waals surface area contributed by atoms with E-state index in [1.165, 1.54) is 23.1 Å². The zero-order valence-electron chi connectivity index (χ0n) is 19.5. The van der Waals surface area contributed by atoms with Gasteiger partial charge in [0.25, 0.3) is 11.5 Å². The van der Waals surface area contributed by atoms with Crippen LogP contribution >= 0.6 is 11.3 Å². The first-order chi connectivity index (χ1) is 16.9. The molecule has 3 aromatic heterocycles. The average molecular weight is 486 g/mol. The van der Waals surface area contributed by atoms with Crippen molar-refractivity contribution in [3.05, 3.63) is 98.5 Å². The Labute approximate surface area is 205 Å². The molecule has 0 saturated heterocycles. The van der Waals surface area contributed by atoms with Gasteiger partial charge in [0.1, 0.15) is 17.4 Å². The maximum absolute atomic E-state index is 13.2. The van der Waals surface area contributed by atoms with Crippen molar-refractivity contribution in [2.75, 3.05) is 5.43 Å². The van der Waals surface area contributed by atoms with Crippen LogP contribution < -0.4 is 15.7 Å². The van der Waals surface area contributed by atoms with Crippen LogP contribution in [0.3, 0.4) is 0 Å². The lowest BCUT2D eigenvalue weighted by Gasteiger charge is -2.13. The number of carbonyl (C=O) groups is 1. The summed E-state index contributed by atoms with van der Waals surface area (Å²) in [5, 5.41) is 8.03. The smallest absolute Gasteiger partial charge is 0.291 e. The summed E-state index contributed by atoms with van der Waals surface area (Å²) >= 11 is 1.53. The number of ether oxygens (including phenoxy) is 1. The van der Waals surface area contributed by atoms with Crippen LogP contribution in [0.1, 0.15) is 26.9 Å². The second kappa shape index (κ2) is 9.19. The molecule has 0 aliphatic carbocycles. The molecule has 1 N–H and O–H groups in total. The first-order valence-corrected chi connectivity index (χ1v) is 11.9. The number of aryl methyl sites for hydroxylation is 2. The molecule has 0 fully saturated rings. The lowest BCUT2D eigenvalue weighted by atomic mass is 10.1. The van der Waals surface area contributed by atoms with Gasteiger partial charge in [0.15, 0.2) is 5.69 Å². The fourth-order valence-electron chi connectivity index (χ4n) is 3.98. The van der Waals surface area contributed by atoms with Gasteiger partial charge < -0.3 is 4.74 Å². The highest BCUT2D eigenvalue weighted by Gasteiger charge is 2.19. The summed E-state index contributed by atoms with van der Waals surface area (Å²) in [5.74, 6) is 0.394. The van der Waals surface area contributed by atoms with E-state index < -0.39 is 5.91 Å². The summed E-state index contributed by atoms with van der Waals surface area (Å²) in [6.07, 6.45) is 0. The monoisotopic (exact) mass is 485 g/mol. The van der Waals surface area contributed by atoms with Crippen molar-refractivity contribution in [3.63, 3.8) is 0 Å². The van der Waals surface area contributed by atoms with Crippen molar-refractivity contribution in [3.8, 4) is 17.0 Å². The third-order valence-corrected chi connectivity index (χ3v) is 6.57. The number of thiazole rings is 1. The largest absolute Gasteiger partial charge is 0.486 e. The number of aromatic nitrogens is 4. The van der Waals surface area contributed by atoms with E-state index in [1.54, 1.807) is 28.9 Å². The Morgan fingerprint density at radius 1 is 1.06 bits per heavy atom. The molecule has 2 aromatic carbocycles. The van der Waals surface area contributed by atoms with E-state index in [2.05, 4.69) is 10.5 Å². The highest BCUT2D eigenvalue weighted by atomic mass is 32.1. The quantitative estimate of drug-likeness (QED) is 0.384. The van der Waals surface area contributed by atoms with Crippen LogP contribution in [0.25, 0.3) is 22.0 Å². The van der Waals surface area contributed by atoms with E-state index in [4.69, 9.17) is 9.72 Å². The predicted octanol–water partition coefficient (Wildman–Crippen LogP) is 4.44. The van der Waals surface area contributed by atoms with E-state index in [1.807, 2.05) is 55.6 Å². The van der Waals surface area contributed by atoms with Gasteiger partial charge in [-0.05, 0) is 38.1 Å². The van der Waals surface area contributed by atoms with Crippen molar-refractivity contribution in [2.24, 2.45) is 7.05 Å². The maximum Gasteiger partial charge on any atom is 0.291 e. The average Bonchev–Trinajstić information content (AvgIpc) is 3.45. The van der Waals surface area contributed by atoms with Gasteiger partial charge in [0.2, 0.25) is 0 Å². The number of benzene rings is 2. The van der Waals surface area contributed by atoms with E-state index >= 15 is 0 Å². The third kappa shape index (κ3) is 4.33. The molecule has 0 aliphatic heterocycles. The SMILES string of the molecule is Cc1cc(-c2csc(COc3ccccc3)n2)c(C)n1NC(=O)c1nn(C)c(=O)c2ccccc12. The highest BCUT2D eigenvalue weighted by Crippen LogP contribution is 2.28. The van der Waals surface area contributed by atoms with Crippen LogP contribution in [0.4, 0.5) is 0 Å². The van der Waals surface area contributed by atoms with Crippen molar-refractivity contribution >= 4 is 28.0 Å². The van der Waals surface area contributed by atoms with E-state index in [9.17, 15) is 9.59 Å². The number of amides is 1. The number of carbonyl (C=O) groups excluding carboxylic acids is 1. The first kappa shape index (κ1) is 22.5. The van der Waals surface area contributed by atoms with Gasteiger partial charge in [-0.2, -0.15) is 5.10 Å². The van der Waals surface area contributed by atoms with Crippen LogP contribution in [0.2, 0.25) is 0 Å². The number of fused-ring (bicyclic) bond motifs is 1. The van der Waals surface area contributed by atoms with Gasteiger partial charge in [0.05, 0.1) is 11.1 Å². The number of rotatable bonds is 6. The minimum absolute atomic E-state index is 0.186. The van der Waals surface area contributed by atoms with Crippen LogP contribution in [0, 0.1) is 13.8 Å². The predicted molar refractivity (Wildman–Crippen MR) is 136 cm³/mol. The highest BCUT2D eigenvalue weighted by molar-refractivity contribution is 7.09. The minimum atomic E-state index is -0.402. The third-order valence-electron chi connectivity index (χ3n) is 5.75. The molecule has 8 nitrogen and oxygen atoms in total. The first-order valence-electron chi connectivity index (χ1n) is 11.0. The van der Waals surface area contributed by atoms with Gasteiger partial charge in [0, 0.05) is 34.8 Å². The van der Waals surface area contributed by atoms with Gasteiger partial charge in [-0.3, -0.25) is 19.7 Å². The molecule has 0 aliphatic rings. The Balaban J connectivity index is 1.40. The van der Waals surface area contributed by atoms with Crippen molar-refractivity contribution < 1.29 is 9.53 Å². The molecule has 176 valence electrons. The summed E-state index contributed by atoms with van der Waals surface area (Å²) in [4.78, 5) is 30.4. The van der Waals surface area contributed by atoms with Crippen LogP contribution in [0.5, 0.6) is 5.75 Å². The molecular formula is C26H23N5O3S. The lowest BCUT2D eigenvalue weighted by molar-refractivity contribution is 0.100. The van der Waals surface area contributed by atoms with Crippen LogP contribution in [0.15, 0.2) is 70.8 Å². The molecule has 35 heavy (non-hydrogen) atoms. The van der Waals surface area contributed by atoms with E-state index in [0.29, 0.717) is 17.4 Å². The standard InChI is InChI=1S/C26H23N5O3S/c1-16-13-21(22-15-35-23(27-22)14-34-18-9-5-4-6-10-18)17(2)31(16)29-25(32)24-19-11-7-8-12-20(19)26(33)30(3)28-24/h4-13,15H,14H2,1-3H3,(H,29,32). The summed E-state index contributed by atoms with van der Waals surface area (Å²) in [6.45, 7) is 4.22. The Kier molecular flexibility index (Phi) is 5.92. The van der Waals surface area contributed by atoms with Gasteiger partial charge in [-0.1, -0.05) is 36.4 Å². The number of nitrogens with one attached hydrogen (secondary N) is 1. The zero-order chi connectivity index (χ0) is 24.5. The van der Waals surface area contributed by atoms with Crippen LogP contribution in [-0.2, 0) is 13.7 Å². The molecule has 5 rings (SSSR count). The fourth-order valence-corrected chi connectivity index (χ4v) is 4.68. The van der Waals surface area contributed by atoms with Crippen LogP contribution in [-0.4, -0.2) is 25.3 Å². The van der Waals surface area contributed by atoms with Crippen molar-refractivity contribution in [1.29, 1.82) is 0 Å². The Hall–Kier alpha value is -4.24. The molecule has 0 saturated carbocycles. The summed E-state index contributed by atoms with van der Waals surface area (Å²) in [7, 11) is 1.54. The molecule has 0 unspecified atom stereocenters. The van der Waals surface area contributed by atoms with Gasteiger partial charge in [-0.15, -0.1) is 11.3 Å². The summed E-state index contributed by atoms with van der Waals surface area (Å²) < 4.78 is 8.72.